The number of hydrogen-bond acceptors (Lipinski definition) is 0. The lowest BCUT2D eigenvalue weighted by Gasteiger charge is -2.52. The first-order chi connectivity index (χ1) is 13.0. The van der Waals surface area contributed by atoms with Crippen molar-refractivity contribution in [3.63, 3.8) is 0 Å². The molecule has 0 saturated heterocycles. The van der Waals surface area contributed by atoms with Crippen molar-refractivity contribution in [2.75, 3.05) is 0 Å². The summed E-state index contributed by atoms with van der Waals surface area (Å²) in [4.78, 5) is 0. The quantitative estimate of drug-likeness (QED) is 0.362. The summed E-state index contributed by atoms with van der Waals surface area (Å²) in [6, 6.07) is 0. The van der Waals surface area contributed by atoms with Gasteiger partial charge in [0.1, 0.15) is 0 Å². The van der Waals surface area contributed by atoms with Gasteiger partial charge in [0.25, 0.3) is 0 Å². The third kappa shape index (κ3) is 6.10. The highest BCUT2D eigenvalue weighted by molar-refractivity contribution is 7.65. The van der Waals surface area contributed by atoms with Crippen LogP contribution in [0.15, 0.2) is 11.4 Å². The molecular weight excluding hydrogens is 386 g/mol. The van der Waals surface area contributed by atoms with Crippen molar-refractivity contribution in [2.24, 2.45) is 11.8 Å². The lowest BCUT2D eigenvalue weighted by Crippen LogP contribution is -2.37. The van der Waals surface area contributed by atoms with Crippen LogP contribution in [0.3, 0.4) is 0 Å². The highest BCUT2D eigenvalue weighted by atomic mass is 31.1. The second-order valence-electron chi connectivity index (χ2n) is 13.5. The van der Waals surface area contributed by atoms with E-state index in [2.05, 4.69) is 89.2 Å². The molecule has 0 radical (unpaired) electrons. The molecule has 0 aromatic carbocycles. The first-order valence-electron chi connectivity index (χ1n) is 12.3. The van der Waals surface area contributed by atoms with E-state index >= 15 is 0 Å². The van der Waals surface area contributed by atoms with Crippen LogP contribution < -0.4 is 0 Å². The van der Waals surface area contributed by atoms with Crippen LogP contribution in [-0.2, 0) is 0 Å². The fraction of sp³-hybridized carbons (Fsp3) is 0.926. The molecule has 0 aromatic rings. The lowest BCUT2D eigenvalue weighted by atomic mass is 9.86. The molecule has 2 aliphatic carbocycles. The topological polar surface area (TPSA) is 0 Å². The Morgan fingerprint density at radius 3 is 1.76 bits per heavy atom. The Morgan fingerprint density at radius 1 is 0.828 bits per heavy atom. The van der Waals surface area contributed by atoms with E-state index in [9.17, 15) is 0 Å². The van der Waals surface area contributed by atoms with Crippen molar-refractivity contribution in [1.29, 1.82) is 0 Å². The Morgan fingerprint density at radius 2 is 1.34 bits per heavy atom. The van der Waals surface area contributed by atoms with Crippen LogP contribution in [0.4, 0.5) is 0 Å². The molecule has 1 saturated carbocycles. The average Bonchev–Trinajstić information content (AvgIpc) is 2.87. The molecule has 1 fully saturated rings. The predicted molar refractivity (Wildman–Crippen MR) is 139 cm³/mol. The van der Waals surface area contributed by atoms with Crippen LogP contribution >= 0.6 is 15.8 Å². The van der Waals surface area contributed by atoms with Crippen molar-refractivity contribution in [3.05, 3.63) is 11.4 Å². The predicted octanol–water partition coefficient (Wildman–Crippen LogP) is 10.00. The van der Waals surface area contributed by atoms with Crippen molar-refractivity contribution in [2.45, 2.75) is 148 Å². The second kappa shape index (κ2) is 8.86. The fourth-order valence-corrected chi connectivity index (χ4v) is 17.0. The Balaban J connectivity index is 2.20. The largest absolute Gasteiger partial charge is 0.0919 e. The Kier molecular flexibility index (Phi) is 7.90. The van der Waals surface area contributed by atoms with Gasteiger partial charge in [-0.2, -0.15) is 0 Å². The minimum Gasteiger partial charge on any atom is -0.0919 e. The van der Waals surface area contributed by atoms with E-state index in [1.165, 1.54) is 38.5 Å². The molecule has 0 N–H and O–H groups in total. The van der Waals surface area contributed by atoms with E-state index in [4.69, 9.17) is 0 Å². The van der Waals surface area contributed by atoms with Gasteiger partial charge >= 0.3 is 0 Å². The summed E-state index contributed by atoms with van der Waals surface area (Å²) in [5.41, 5.74) is 0.995. The number of hydrogen-bond donors (Lipinski definition) is 0. The monoisotopic (exact) mass is 438 g/mol. The highest BCUT2D eigenvalue weighted by Crippen LogP contribution is 2.71. The zero-order valence-corrected chi connectivity index (χ0v) is 23.7. The summed E-state index contributed by atoms with van der Waals surface area (Å²) in [5.74, 6) is 1.81. The summed E-state index contributed by atoms with van der Waals surface area (Å²) in [6.07, 6.45) is 11.4. The second-order valence-corrected chi connectivity index (χ2v) is 21.4. The van der Waals surface area contributed by atoms with Gasteiger partial charge in [-0.1, -0.05) is 118 Å². The standard InChI is InChI=1S/C27H52P2/c1-13-21-15-14-16-23(21)29(26(8,9)10)27(11,12)19-20-17-22(18-20)28(24(2,3)4)25(5,6)7/h17,20-21,23H,13-16,18-19H2,1-12H3/t20?,21?,23-,29?/m1/s1. The average molecular weight is 439 g/mol. The zero-order valence-electron chi connectivity index (χ0n) is 21.9. The minimum absolute atomic E-state index is 0.00571. The van der Waals surface area contributed by atoms with E-state index in [0.29, 0.717) is 20.6 Å². The molecule has 0 bridgehead atoms. The molecule has 4 atom stereocenters. The van der Waals surface area contributed by atoms with Gasteiger partial charge in [0.05, 0.1) is 0 Å². The van der Waals surface area contributed by atoms with Crippen LogP contribution in [0.5, 0.6) is 0 Å². The van der Waals surface area contributed by atoms with Gasteiger partial charge in [0, 0.05) is 0 Å². The molecule has 0 aliphatic heterocycles. The first-order valence-corrected chi connectivity index (χ1v) is 15.0. The molecule has 0 spiro atoms. The first kappa shape index (κ1) is 25.9. The number of allylic oxidation sites excluding steroid dienone is 2. The van der Waals surface area contributed by atoms with Gasteiger partial charge in [0.2, 0.25) is 0 Å². The Labute approximate surface area is 187 Å². The molecular formula is C27H52P2. The Hall–Kier alpha value is 0.600. The van der Waals surface area contributed by atoms with Gasteiger partial charge in [0.15, 0.2) is 0 Å². The summed E-state index contributed by atoms with van der Waals surface area (Å²) >= 11 is 0. The van der Waals surface area contributed by atoms with Gasteiger partial charge in [-0.25, -0.2) is 0 Å². The van der Waals surface area contributed by atoms with Crippen LogP contribution in [-0.4, -0.2) is 26.3 Å². The van der Waals surface area contributed by atoms with E-state index < -0.39 is 0 Å². The molecule has 0 heterocycles. The lowest BCUT2D eigenvalue weighted by molar-refractivity contribution is 0.453. The SMILES string of the molecule is CCC1CCC[C@H]1P(C(C)(C)C)C(C)(C)CC1C=C(P(C(C)(C)C)C(C)(C)C)C1. The number of rotatable bonds is 6. The maximum absolute atomic E-state index is 2.73. The zero-order chi connectivity index (χ0) is 22.4. The minimum atomic E-state index is -0.0754. The van der Waals surface area contributed by atoms with E-state index in [0.717, 1.165) is 17.5 Å². The molecule has 0 nitrogen and oxygen atoms in total. The van der Waals surface area contributed by atoms with E-state index in [1.54, 1.807) is 0 Å². The summed E-state index contributed by atoms with van der Waals surface area (Å²) in [5, 5.41) is 3.58. The summed E-state index contributed by atoms with van der Waals surface area (Å²) < 4.78 is 0. The van der Waals surface area contributed by atoms with Crippen molar-refractivity contribution >= 4 is 15.8 Å². The van der Waals surface area contributed by atoms with Crippen molar-refractivity contribution in [3.8, 4) is 0 Å². The summed E-state index contributed by atoms with van der Waals surface area (Å²) in [7, 11) is -0.0697. The third-order valence-electron chi connectivity index (χ3n) is 7.14. The molecule has 2 aliphatic rings. The smallest absolute Gasteiger partial charge is 0.0138 e. The Bertz CT molecular complexity index is 565. The van der Waals surface area contributed by atoms with Gasteiger partial charge in [-0.05, 0) is 69.1 Å². The van der Waals surface area contributed by atoms with Crippen LogP contribution in [0.1, 0.15) is 122 Å². The van der Waals surface area contributed by atoms with Crippen molar-refractivity contribution in [1.82, 2.24) is 0 Å². The molecule has 2 rings (SSSR count). The van der Waals surface area contributed by atoms with Gasteiger partial charge in [-0.15, -0.1) is 0 Å². The molecule has 170 valence electrons. The normalized spacial score (nSPS) is 27.8. The highest BCUT2D eigenvalue weighted by Gasteiger charge is 2.48. The van der Waals surface area contributed by atoms with Crippen molar-refractivity contribution < 1.29 is 0 Å². The molecule has 3 unspecified atom stereocenters. The summed E-state index contributed by atoms with van der Waals surface area (Å²) in [6.45, 7) is 30.1. The van der Waals surface area contributed by atoms with E-state index in [1.807, 2.05) is 5.31 Å². The van der Waals surface area contributed by atoms with Crippen LogP contribution in [0.2, 0.25) is 0 Å². The third-order valence-corrected chi connectivity index (χ3v) is 15.0. The van der Waals surface area contributed by atoms with Gasteiger partial charge in [-0.3, -0.25) is 0 Å². The molecule has 29 heavy (non-hydrogen) atoms. The molecule has 0 amide bonds. The van der Waals surface area contributed by atoms with Gasteiger partial charge < -0.3 is 0 Å². The van der Waals surface area contributed by atoms with Crippen LogP contribution in [0.25, 0.3) is 0 Å². The molecule has 2 heteroatoms. The maximum atomic E-state index is 2.73. The fourth-order valence-electron chi connectivity index (χ4n) is 7.10. The maximum Gasteiger partial charge on any atom is -0.0138 e. The molecule has 0 aromatic heterocycles. The van der Waals surface area contributed by atoms with Crippen LogP contribution in [0, 0.1) is 11.8 Å². The van der Waals surface area contributed by atoms with E-state index in [-0.39, 0.29) is 15.8 Å².